The molecule has 0 aliphatic rings. The molecular weight excluding hydrogens is 805 g/mol. The Morgan fingerprint density at radius 1 is 0.603 bits per heavy atom. The highest BCUT2D eigenvalue weighted by atomic mass is 28.2. The molecule has 5 aromatic carbocycles. The molecular formula is C54H66O8Si. The first-order chi connectivity index (χ1) is 30.9. The number of carbonyl (C=O) groups excluding carboxylic acids is 2. The summed E-state index contributed by atoms with van der Waals surface area (Å²) in [5.74, 6) is 2.66. The molecule has 0 aliphatic heterocycles. The van der Waals surface area contributed by atoms with Gasteiger partial charge >= 0.3 is 11.9 Å². The van der Waals surface area contributed by atoms with E-state index in [0.29, 0.717) is 86.4 Å². The van der Waals surface area contributed by atoms with Crippen molar-refractivity contribution in [2.24, 2.45) is 5.92 Å². The second-order valence-corrected chi connectivity index (χ2v) is 17.4. The van der Waals surface area contributed by atoms with Crippen molar-refractivity contribution in [3.05, 3.63) is 155 Å². The maximum absolute atomic E-state index is 13.3. The zero-order valence-electron chi connectivity index (χ0n) is 37.7. The summed E-state index contributed by atoms with van der Waals surface area (Å²) < 4.78 is 35.0. The molecule has 0 fully saturated rings. The lowest BCUT2D eigenvalue weighted by Gasteiger charge is -2.26. The van der Waals surface area contributed by atoms with E-state index in [4.69, 9.17) is 28.4 Å². The van der Waals surface area contributed by atoms with Gasteiger partial charge in [-0.3, -0.25) is 0 Å². The van der Waals surface area contributed by atoms with Gasteiger partial charge in [-0.25, -0.2) is 9.59 Å². The molecule has 0 amide bonds. The average Bonchev–Trinajstić information content (AvgIpc) is 3.31. The van der Waals surface area contributed by atoms with Gasteiger partial charge in [0.15, 0.2) is 0 Å². The highest BCUT2D eigenvalue weighted by Crippen LogP contribution is 2.35. The average molecular weight is 871 g/mol. The molecule has 3 atom stereocenters. The Hall–Kier alpha value is -5.22. The number of benzene rings is 5. The number of ether oxygens (including phenoxy) is 6. The number of hydrogen-bond donors (Lipinski definition) is 0. The van der Waals surface area contributed by atoms with Gasteiger partial charge in [0.05, 0.1) is 40.5 Å². The second-order valence-electron chi connectivity index (χ2n) is 16.1. The van der Waals surface area contributed by atoms with Crippen LogP contribution in [0.5, 0.6) is 23.0 Å². The van der Waals surface area contributed by atoms with Crippen molar-refractivity contribution in [1.29, 1.82) is 0 Å². The zero-order valence-corrected chi connectivity index (χ0v) is 38.7. The van der Waals surface area contributed by atoms with Crippen molar-refractivity contribution >= 4 is 21.5 Å². The topological polar surface area (TPSA) is 89.5 Å². The molecule has 63 heavy (non-hydrogen) atoms. The Balaban J connectivity index is 1.13. The molecule has 0 bridgehead atoms. The fourth-order valence-electron chi connectivity index (χ4n) is 7.53. The van der Waals surface area contributed by atoms with Crippen LogP contribution in [0.1, 0.15) is 135 Å². The van der Waals surface area contributed by atoms with Crippen LogP contribution in [-0.4, -0.2) is 47.7 Å². The van der Waals surface area contributed by atoms with Gasteiger partial charge in [-0.2, -0.15) is 0 Å². The molecule has 0 spiro atoms. The maximum atomic E-state index is 13.3. The van der Waals surface area contributed by atoms with Crippen molar-refractivity contribution in [1.82, 2.24) is 0 Å². The van der Waals surface area contributed by atoms with Crippen molar-refractivity contribution in [3.8, 4) is 23.0 Å². The smallest absolute Gasteiger partial charge is 0.343 e. The van der Waals surface area contributed by atoms with E-state index in [-0.39, 0.29) is 13.4 Å². The van der Waals surface area contributed by atoms with Crippen LogP contribution in [0.3, 0.4) is 0 Å². The Morgan fingerprint density at radius 3 is 1.76 bits per heavy atom. The summed E-state index contributed by atoms with van der Waals surface area (Å²) in [5, 5.41) is 0. The predicted octanol–water partition coefficient (Wildman–Crippen LogP) is 13.2. The second kappa shape index (κ2) is 27.8. The number of unbranched alkanes of at least 4 members (excludes halogenated alkanes) is 2. The zero-order chi connectivity index (χ0) is 44.5. The summed E-state index contributed by atoms with van der Waals surface area (Å²) in [4.78, 5) is 26.4. The van der Waals surface area contributed by atoms with Crippen LogP contribution in [0.15, 0.2) is 127 Å². The van der Waals surface area contributed by atoms with E-state index in [9.17, 15) is 9.59 Å². The minimum Gasteiger partial charge on any atom is -0.494 e. The summed E-state index contributed by atoms with van der Waals surface area (Å²) in [6.45, 7) is 10.3. The summed E-state index contributed by atoms with van der Waals surface area (Å²) >= 11 is 0. The molecule has 2 radical (unpaired) electrons. The Morgan fingerprint density at radius 2 is 1.17 bits per heavy atom. The molecule has 0 saturated heterocycles. The summed E-state index contributed by atoms with van der Waals surface area (Å²) in [6.07, 6.45) is 10.5. The first-order valence-corrected chi connectivity index (χ1v) is 24.3. The molecule has 0 heterocycles. The van der Waals surface area contributed by atoms with Crippen LogP contribution in [0.4, 0.5) is 0 Å². The van der Waals surface area contributed by atoms with Gasteiger partial charge in [0, 0.05) is 11.8 Å². The minimum absolute atomic E-state index is 0.0725. The first kappa shape index (κ1) is 48.8. The molecule has 334 valence electrons. The van der Waals surface area contributed by atoms with Gasteiger partial charge in [0.25, 0.3) is 0 Å². The van der Waals surface area contributed by atoms with E-state index < -0.39 is 11.9 Å². The fourth-order valence-corrected chi connectivity index (χ4v) is 8.35. The SMILES string of the molecule is CCCCOc1ccc(C(=O)Oc2ccc(OC(=O)c3ccc(OCCCC)cc3)c(COCOC[Si]CCCC(CC(C)c3ccccc3)CC(CC)c3ccccc3)c2)cc1. The van der Waals surface area contributed by atoms with Gasteiger partial charge in [0.2, 0.25) is 0 Å². The third-order valence-electron chi connectivity index (χ3n) is 11.2. The lowest BCUT2D eigenvalue weighted by Crippen LogP contribution is -2.13. The van der Waals surface area contributed by atoms with Crippen molar-refractivity contribution in [2.45, 2.75) is 110 Å². The van der Waals surface area contributed by atoms with E-state index in [2.05, 4.69) is 88.4 Å². The molecule has 0 aromatic heterocycles. The molecule has 8 nitrogen and oxygen atoms in total. The lowest BCUT2D eigenvalue weighted by atomic mass is 9.80. The molecule has 5 aromatic rings. The van der Waals surface area contributed by atoms with Crippen molar-refractivity contribution < 1.29 is 38.0 Å². The minimum atomic E-state index is -0.526. The molecule has 5 rings (SSSR count). The maximum Gasteiger partial charge on any atom is 0.343 e. The van der Waals surface area contributed by atoms with Gasteiger partial charge in [-0.15, -0.1) is 0 Å². The largest absolute Gasteiger partial charge is 0.494 e. The molecule has 9 heteroatoms. The third kappa shape index (κ3) is 17.1. The van der Waals surface area contributed by atoms with E-state index >= 15 is 0 Å². The van der Waals surface area contributed by atoms with Crippen LogP contribution < -0.4 is 18.9 Å². The predicted molar refractivity (Wildman–Crippen MR) is 253 cm³/mol. The quantitative estimate of drug-likeness (QED) is 0.0154. The highest BCUT2D eigenvalue weighted by molar-refractivity contribution is 6.35. The number of carbonyl (C=O) groups is 2. The van der Waals surface area contributed by atoms with Crippen molar-refractivity contribution in [2.75, 3.05) is 26.2 Å². The number of esters is 2. The van der Waals surface area contributed by atoms with Crippen LogP contribution in [0.25, 0.3) is 0 Å². The van der Waals surface area contributed by atoms with E-state index in [1.54, 1.807) is 66.7 Å². The summed E-state index contributed by atoms with van der Waals surface area (Å²) in [5.41, 5.74) is 4.16. The standard InChI is InChI=1S/C54H66O8Si/c1-5-8-32-59-49-26-22-46(23-27-49)53(55)61-51-30-31-52(62-54(56)47-24-28-50(29-25-47)60-33-9-6-2)48(37-51)38-57-39-58-40-63-34-16-17-42(35-41(4)44-18-12-10-13-19-44)36-43(7-3)45-20-14-11-15-21-45/h10-15,18-31,37,41-43H,5-9,16-17,32-36,38-40H2,1-4H3. The fraction of sp³-hybridized carbons (Fsp3) is 0.407. The Labute approximate surface area is 378 Å². The number of hydrogen-bond acceptors (Lipinski definition) is 8. The molecule has 0 saturated carbocycles. The molecule has 0 N–H and O–H groups in total. The van der Waals surface area contributed by atoms with Crippen LogP contribution in [0.2, 0.25) is 6.04 Å². The monoisotopic (exact) mass is 870 g/mol. The third-order valence-corrected chi connectivity index (χ3v) is 12.3. The normalized spacial score (nSPS) is 12.6. The number of rotatable bonds is 29. The summed E-state index contributed by atoms with van der Waals surface area (Å²) in [6, 6.07) is 41.6. The highest BCUT2D eigenvalue weighted by Gasteiger charge is 2.21. The van der Waals surface area contributed by atoms with E-state index in [1.807, 2.05) is 0 Å². The molecule has 0 aliphatic carbocycles. The van der Waals surface area contributed by atoms with Crippen LogP contribution >= 0.6 is 0 Å². The lowest BCUT2D eigenvalue weighted by molar-refractivity contribution is -0.0473. The van der Waals surface area contributed by atoms with Crippen molar-refractivity contribution in [3.63, 3.8) is 0 Å². The van der Waals surface area contributed by atoms with E-state index in [0.717, 1.165) is 44.6 Å². The van der Waals surface area contributed by atoms with Crippen LogP contribution in [0, 0.1) is 5.92 Å². The van der Waals surface area contributed by atoms with Gasteiger partial charge in [-0.1, -0.05) is 120 Å². The van der Waals surface area contributed by atoms with Gasteiger partial charge in [0.1, 0.15) is 29.8 Å². The Kier molecular flexibility index (Phi) is 21.5. The molecule has 3 unspecified atom stereocenters. The van der Waals surface area contributed by atoms with Gasteiger partial charge < -0.3 is 28.4 Å². The summed E-state index contributed by atoms with van der Waals surface area (Å²) in [7, 11) is 0.658. The van der Waals surface area contributed by atoms with Gasteiger partial charge in [-0.05, 0) is 128 Å². The first-order valence-electron chi connectivity index (χ1n) is 22.9. The van der Waals surface area contributed by atoms with E-state index in [1.165, 1.54) is 30.4 Å². The van der Waals surface area contributed by atoms with Crippen LogP contribution in [-0.2, 0) is 16.1 Å². The Bertz CT molecular complexity index is 2040.